The van der Waals surface area contributed by atoms with Gasteiger partial charge in [0, 0.05) is 11.1 Å². The Morgan fingerprint density at radius 2 is 2.06 bits per heavy atom. The summed E-state index contributed by atoms with van der Waals surface area (Å²) < 4.78 is 0. The molecule has 18 heavy (non-hydrogen) atoms. The number of hydrogen-bond acceptors (Lipinski definition) is 4. The van der Waals surface area contributed by atoms with E-state index in [4.69, 9.17) is 0 Å². The van der Waals surface area contributed by atoms with Crippen LogP contribution in [0.3, 0.4) is 0 Å². The molecule has 0 spiro atoms. The minimum atomic E-state index is -0.245. The lowest BCUT2D eigenvalue weighted by Crippen LogP contribution is -2.08. The highest BCUT2D eigenvalue weighted by Gasteiger charge is 2.03. The highest BCUT2D eigenvalue weighted by atomic mass is 32.1. The summed E-state index contributed by atoms with van der Waals surface area (Å²) in [6, 6.07) is 8.13. The first-order valence-electron chi connectivity index (χ1n) is 6.13. The van der Waals surface area contributed by atoms with Gasteiger partial charge in [-0.1, -0.05) is 19.1 Å². The Kier molecular flexibility index (Phi) is 4.33. The van der Waals surface area contributed by atoms with E-state index < -0.39 is 0 Å². The van der Waals surface area contributed by atoms with E-state index in [-0.39, 0.29) is 6.10 Å². The molecule has 0 saturated carbocycles. The molecule has 2 rings (SSSR count). The zero-order valence-electron chi connectivity index (χ0n) is 10.7. The van der Waals surface area contributed by atoms with Gasteiger partial charge in [0.15, 0.2) is 5.13 Å². The Hall–Kier alpha value is -1.39. The molecule has 1 aromatic carbocycles. The summed E-state index contributed by atoms with van der Waals surface area (Å²) >= 11 is 1.60. The largest absolute Gasteiger partial charge is 0.393 e. The van der Waals surface area contributed by atoms with Crippen molar-refractivity contribution >= 4 is 22.2 Å². The summed E-state index contributed by atoms with van der Waals surface area (Å²) in [4.78, 5) is 4.36. The summed E-state index contributed by atoms with van der Waals surface area (Å²) in [7, 11) is 0. The molecule has 0 aliphatic carbocycles. The third-order valence-electron chi connectivity index (χ3n) is 2.77. The van der Waals surface area contributed by atoms with E-state index >= 15 is 0 Å². The third kappa shape index (κ3) is 3.55. The van der Waals surface area contributed by atoms with Gasteiger partial charge in [0.05, 0.1) is 11.8 Å². The van der Waals surface area contributed by atoms with Crippen molar-refractivity contribution in [1.29, 1.82) is 0 Å². The third-order valence-corrected chi connectivity index (χ3v) is 3.64. The van der Waals surface area contributed by atoms with Crippen molar-refractivity contribution in [1.82, 2.24) is 4.98 Å². The zero-order valence-corrected chi connectivity index (χ0v) is 11.5. The molecule has 0 aliphatic heterocycles. The van der Waals surface area contributed by atoms with Gasteiger partial charge in [0.2, 0.25) is 0 Å². The molecule has 1 aromatic heterocycles. The molecule has 1 unspecified atom stereocenters. The maximum atomic E-state index is 9.59. The molecule has 0 radical (unpaired) electrons. The molecular weight excluding hydrogens is 244 g/mol. The van der Waals surface area contributed by atoms with Crippen LogP contribution in [0.25, 0.3) is 0 Å². The SMILES string of the molecule is CCC(O)Cc1ccc(Nc2nc(C)cs2)cc1. The number of aromatic nitrogens is 1. The molecule has 0 bridgehead atoms. The van der Waals surface area contributed by atoms with Crippen molar-refractivity contribution in [3.8, 4) is 0 Å². The summed E-state index contributed by atoms with van der Waals surface area (Å²) in [6.45, 7) is 3.97. The monoisotopic (exact) mass is 262 g/mol. The van der Waals surface area contributed by atoms with Gasteiger partial charge < -0.3 is 10.4 Å². The van der Waals surface area contributed by atoms with Crippen molar-refractivity contribution in [2.45, 2.75) is 32.8 Å². The summed E-state index contributed by atoms with van der Waals surface area (Å²) in [5.74, 6) is 0. The molecule has 1 atom stereocenters. The normalized spacial score (nSPS) is 12.4. The Bertz CT molecular complexity index is 493. The Balaban J connectivity index is 1.99. The zero-order chi connectivity index (χ0) is 13.0. The smallest absolute Gasteiger partial charge is 0.187 e. The molecule has 2 aromatic rings. The molecule has 96 valence electrons. The van der Waals surface area contributed by atoms with Crippen molar-refractivity contribution in [3.05, 3.63) is 40.9 Å². The minimum Gasteiger partial charge on any atom is -0.393 e. The average molecular weight is 262 g/mol. The van der Waals surface area contributed by atoms with Gasteiger partial charge in [-0.25, -0.2) is 4.98 Å². The van der Waals surface area contributed by atoms with Crippen LogP contribution in [-0.2, 0) is 6.42 Å². The van der Waals surface area contributed by atoms with E-state index in [2.05, 4.69) is 10.3 Å². The van der Waals surface area contributed by atoms with Crippen molar-refractivity contribution in [3.63, 3.8) is 0 Å². The summed E-state index contributed by atoms with van der Waals surface area (Å²) in [5, 5.41) is 15.8. The van der Waals surface area contributed by atoms with Gasteiger partial charge in [0.25, 0.3) is 0 Å². The van der Waals surface area contributed by atoms with Crippen LogP contribution in [0.1, 0.15) is 24.6 Å². The fraction of sp³-hybridized carbons (Fsp3) is 0.357. The van der Waals surface area contributed by atoms with Crippen LogP contribution >= 0.6 is 11.3 Å². The number of anilines is 2. The number of nitrogens with zero attached hydrogens (tertiary/aromatic N) is 1. The van der Waals surface area contributed by atoms with Gasteiger partial charge in [-0.3, -0.25) is 0 Å². The van der Waals surface area contributed by atoms with Crippen LogP contribution in [0.15, 0.2) is 29.6 Å². The highest BCUT2D eigenvalue weighted by molar-refractivity contribution is 7.13. The molecule has 0 saturated heterocycles. The van der Waals surface area contributed by atoms with E-state index in [1.165, 1.54) is 0 Å². The Morgan fingerprint density at radius 1 is 1.33 bits per heavy atom. The quantitative estimate of drug-likeness (QED) is 0.866. The summed E-state index contributed by atoms with van der Waals surface area (Å²) in [5.41, 5.74) is 3.22. The van der Waals surface area contributed by atoms with Gasteiger partial charge in [-0.2, -0.15) is 0 Å². The van der Waals surface area contributed by atoms with E-state index in [1.54, 1.807) is 11.3 Å². The van der Waals surface area contributed by atoms with E-state index in [0.717, 1.165) is 28.5 Å². The predicted octanol–water partition coefficient (Wildman–Crippen LogP) is 3.51. The average Bonchev–Trinajstić information content (AvgIpc) is 2.77. The fourth-order valence-electron chi connectivity index (χ4n) is 1.68. The number of hydrogen-bond donors (Lipinski definition) is 2. The first-order valence-corrected chi connectivity index (χ1v) is 7.01. The molecule has 2 N–H and O–H groups in total. The van der Waals surface area contributed by atoms with Crippen molar-refractivity contribution in [2.75, 3.05) is 5.32 Å². The predicted molar refractivity (Wildman–Crippen MR) is 76.6 cm³/mol. The number of aryl methyl sites for hydroxylation is 1. The molecule has 0 aliphatic rings. The second-order valence-corrected chi connectivity index (χ2v) is 5.24. The molecule has 0 amide bonds. The lowest BCUT2D eigenvalue weighted by Gasteiger charge is -2.08. The standard InChI is InChI=1S/C14H18N2OS/c1-3-13(17)8-11-4-6-12(7-5-11)16-14-15-10(2)9-18-14/h4-7,9,13,17H,3,8H2,1-2H3,(H,15,16). The second kappa shape index (κ2) is 5.98. The Labute approximate surface area is 112 Å². The minimum absolute atomic E-state index is 0.245. The number of rotatable bonds is 5. The van der Waals surface area contributed by atoms with Gasteiger partial charge in [-0.05, 0) is 37.5 Å². The van der Waals surface area contributed by atoms with Crippen molar-refractivity contribution in [2.24, 2.45) is 0 Å². The summed E-state index contributed by atoms with van der Waals surface area (Å²) in [6.07, 6.45) is 1.26. The van der Waals surface area contributed by atoms with Crippen LogP contribution in [0, 0.1) is 6.92 Å². The molecule has 4 heteroatoms. The van der Waals surface area contributed by atoms with Crippen LogP contribution in [0.5, 0.6) is 0 Å². The van der Waals surface area contributed by atoms with Gasteiger partial charge in [0.1, 0.15) is 0 Å². The number of nitrogens with one attached hydrogen (secondary N) is 1. The van der Waals surface area contributed by atoms with E-state index in [0.29, 0.717) is 6.42 Å². The van der Waals surface area contributed by atoms with E-state index in [1.807, 2.05) is 43.5 Å². The van der Waals surface area contributed by atoms with Crippen molar-refractivity contribution < 1.29 is 5.11 Å². The maximum absolute atomic E-state index is 9.59. The Morgan fingerprint density at radius 3 is 2.61 bits per heavy atom. The highest BCUT2D eigenvalue weighted by Crippen LogP contribution is 2.21. The number of aliphatic hydroxyl groups is 1. The van der Waals surface area contributed by atoms with Crippen LogP contribution < -0.4 is 5.32 Å². The first-order chi connectivity index (χ1) is 8.67. The van der Waals surface area contributed by atoms with Crippen LogP contribution in [0.4, 0.5) is 10.8 Å². The number of benzene rings is 1. The lowest BCUT2D eigenvalue weighted by molar-refractivity contribution is 0.171. The van der Waals surface area contributed by atoms with Crippen LogP contribution in [-0.4, -0.2) is 16.2 Å². The van der Waals surface area contributed by atoms with Gasteiger partial charge in [-0.15, -0.1) is 11.3 Å². The fourth-order valence-corrected chi connectivity index (χ4v) is 2.38. The molecular formula is C14H18N2OS. The van der Waals surface area contributed by atoms with Crippen LogP contribution in [0.2, 0.25) is 0 Å². The number of thiazole rings is 1. The topological polar surface area (TPSA) is 45.1 Å². The maximum Gasteiger partial charge on any atom is 0.187 e. The van der Waals surface area contributed by atoms with E-state index in [9.17, 15) is 5.11 Å². The molecule has 1 heterocycles. The second-order valence-electron chi connectivity index (χ2n) is 4.38. The molecule has 3 nitrogen and oxygen atoms in total. The lowest BCUT2D eigenvalue weighted by atomic mass is 10.1. The molecule has 0 fully saturated rings. The number of aliphatic hydroxyl groups excluding tert-OH is 1. The first kappa shape index (κ1) is 13.1. The van der Waals surface area contributed by atoms with Gasteiger partial charge >= 0.3 is 0 Å².